The van der Waals surface area contributed by atoms with Crippen LogP contribution in [0.25, 0.3) is 0 Å². The van der Waals surface area contributed by atoms with Crippen LogP contribution >= 0.6 is 15.9 Å². The van der Waals surface area contributed by atoms with Crippen molar-refractivity contribution >= 4 is 15.9 Å². The molecule has 5 nitrogen and oxygen atoms in total. The van der Waals surface area contributed by atoms with Crippen LogP contribution in [0.1, 0.15) is 5.56 Å². The average molecular weight is 270 g/mol. The molecule has 0 aliphatic carbocycles. The van der Waals surface area contributed by atoms with E-state index >= 15 is 0 Å². The minimum absolute atomic E-state index is 0.249. The first-order valence-electron chi connectivity index (χ1n) is 4.29. The summed E-state index contributed by atoms with van der Waals surface area (Å²) in [6.45, 7) is 0.249. The Labute approximate surface area is 92.9 Å². The van der Waals surface area contributed by atoms with E-state index in [1.807, 2.05) is 24.3 Å². The van der Waals surface area contributed by atoms with Crippen molar-refractivity contribution < 1.29 is 0 Å². The van der Waals surface area contributed by atoms with Gasteiger partial charge in [0.05, 0.1) is 6.54 Å². The Morgan fingerprint density at radius 2 is 1.73 bits per heavy atom. The number of hydrogen-bond acceptors (Lipinski definition) is 2. The van der Waals surface area contributed by atoms with Crippen LogP contribution in [0.15, 0.2) is 38.3 Å². The molecule has 0 aliphatic rings. The molecule has 0 unspecified atom stereocenters. The van der Waals surface area contributed by atoms with Gasteiger partial charge < -0.3 is 0 Å². The maximum atomic E-state index is 11.2. The smallest absolute Gasteiger partial charge is 0.247 e. The highest BCUT2D eigenvalue weighted by molar-refractivity contribution is 9.10. The minimum atomic E-state index is -0.434. The first-order valence-corrected chi connectivity index (χ1v) is 5.08. The Morgan fingerprint density at radius 1 is 1.13 bits per heavy atom. The Kier molecular flexibility index (Phi) is 2.59. The van der Waals surface area contributed by atoms with Crippen LogP contribution in [0.4, 0.5) is 0 Å². The molecule has 6 heteroatoms. The van der Waals surface area contributed by atoms with Gasteiger partial charge in [0, 0.05) is 4.47 Å². The van der Waals surface area contributed by atoms with Crippen LogP contribution in [0.5, 0.6) is 0 Å². The maximum Gasteiger partial charge on any atom is 0.344 e. The van der Waals surface area contributed by atoms with Crippen molar-refractivity contribution in [2.45, 2.75) is 6.54 Å². The summed E-state index contributed by atoms with van der Waals surface area (Å²) < 4.78 is 1.97. The van der Waals surface area contributed by atoms with E-state index in [-0.39, 0.29) is 6.54 Å². The molecule has 1 aromatic carbocycles. The molecule has 2 aromatic rings. The first-order chi connectivity index (χ1) is 7.18. The third kappa shape index (κ3) is 1.94. The standard InChI is InChI=1S/C9H8BrN3O2/c10-7-4-2-1-3-6(7)5-13-8(14)11-12-9(13)15/h1-4H,5H2,(H,11,14)(H,12,15). The number of aromatic nitrogens is 3. The molecular weight excluding hydrogens is 262 g/mol. The van der Waals surface area contributed by atoms with Gasteiger partial charge in [-0.1, -0.05) is 34.1 Å². The third-order valence-corrected chi connectivity index (χ3v) is 2.83. The highest BCUT2D eigenvalue weighted by Crippen LogP contribution is 2.15. The molecule has 15 heavy (non-hydrogen) atoms. The SMILES string of the molecule is O=c1[nH][nH]c(=O)n1Cc1ccccc1Br. The zero-order valence-corrected chi connectivity index (χ0v) is 9.24. The van der Waals surface area contributed by atoms with Crippen LogP contribution in [-0.4, -0.2) is 14.8 Å². The van der Waals surface area contributed by atoms with Crippen LogP contribution in [0, 0.1) is 0 Å². The monoisotopic (exact) mass is 269 g/mol. The summed E-state index contributed by atoms with van der Waals surface area (Å²) >= 11 is 3.35. The van der Waals surface area contributed by atoms with Crippen molar-refractivity contribution in [3.8, 4) is 0 Å². The Balaban J connectivity index is 2.42. The highest BCUT2D eigenvalue weighted by Gasteiger charge is 2.05. The molecule has 0 atom stereocenters. The summed E-state index contributed by atoms with van der Waals surface area (Å²) in [5.41, 5.74) is 0.0104. The predicted molar refractivity (Wildman–Crippen MR) is 58.9 cm³/mol. The molecule has 0 saturated heterocycles. The van der Waals surface area contributed by atoms with Crippen molar-refractivity contribution in [1.82, 2.24) is 14.8 Å². The van der Waals surface area contributed by atoms with Gasteiger partial charge in [-0.05, 0) is 11.6 Å². The lowest BCUT2D eigenvalue weighted by Crippen LogP contribution is -2.27. The molecule has 0 radical (unpaired) electrons. The van der Waals surface area contributed by atoms with E-state index in [9.17, 15) is 9.59 Å². The summed E-state index contributed by atoms with van der Waals surface area (Å²) in [4.78, 5) is 22.4. The predicted octanol–water partition coefficient (Wildman–Crippen LogP) is 0.675. The number of aromatic amines is 2. The molecule has 78 valence electrons. The molecule has 0 amide bonds. The molecule has 0 aliphatic heterocycles. The Hall–Kier alpha value is -1.56. The van der Waals surface area contributed by atoms with Crippen LogP contribution in [0.2, 0.25) is 0 Å². The summed E-state index contributed by atoms with van der Waals surface area (Å²) in [6.07, 6.45) is 0. The molecule has 0 spiro atoms. The lowest BCUT2D eigenvalue weighted by Gasteiger charge is -2.02. The van der Waals surface area contributed by atoms with E-state index in [1.165, 1.54) is 0 Å². The van der Waals surface area contributed by atoms with E-state index < -0.39 is 11.4 Å². The largest absolute Gasteiger partial charge is 0.344 e. The Morgan fingerprint density at radius 3 is 2.33 bits per heavy atom. The number of benzene rings is 1. The van der Waals surface area contributed by atoms with Crippen LogP contribution < -0.4 is 11.4 Å². The minimum Gasteiger partial charge on any atom is -0.247 e. The third-order valence-electron chi connectivity index (χ3n) is 2.05. The molecule has 1 aromatic heterocycles. The molecule has 1 heterocycles. The van der Waals surface area contributed by atoms with E-state index in [0.717, 1.165) is 14.6 Å². The van der Waals surface area contributed by atoms with Gasteiger partial charge in [0.2, 0.25) is 0 Å². The van der Waals surface area contributed by atoms with Crippen molar-refractivity contribution in [2.75, 3.05) is 0 Å². The summed E-state index contributed by atoms with van der Waals surface area (Å²) in [7, 11) is 0. The van der Waals surface area contributed by atoms with Gasteiger partial charge in [-0.3, -0.25) is 0 Å². The molecule has 0 bridgehead atoms. The van der Waals surface area contributed by atoms with Gasteiger partial charge in [-0.2, -0.15) is 0 Å². The van der Waals surface area contributed by atoms with E-state index in [0.29, 0.717) is 0 Å². The summed E-state index contributed by atoms with van der Waals surface area (Å²) in [5.74, 6) is 0. The molecule has 0 saturated carbocycles. The fraction of sp³-hybridized carbons (Fsp3) is 0.111. The number of nitrogens with one attached hydrogen (secondary N) is 2. The van der Waals surface area contributed by atoms with Crippen molar-refractivity contribution in [3.05, 3.63) is 55.3 Å². The second-order valence-corrected chi connectivity index (χ2v) is 3.89. The zero-order chi connectivity index (χ0) is 10.8. The lowest BCUT2D eigenvalue weighted by atomic mass is 10.2. The number of halogens is 1. The van der Waals surface area contributed by atoms with Gasteiger partial charge in [-0.15, -0.1) is 0 Å². The maximum absolute atomic E-state index is 11.2. The second-order valence-electron chi connectivity index (χ2n) is 3.04. The van der Waals surface area contributed by atoms with Crippen molar-refractivity contribution in [1.29, 1.82) is 0 Å². The lowest BCUT2D eigenvalue weighted by molar-refractivity contribution is 0.731. The molecule has 2 rings (SSSR count). The first kappa shape index (κ1) is 9.97. The Bertz CT molecular complexity index is 554. The zero-order valence-electron chi connectivity index (χ0n) is 7.66. The molecular formula is C9H8BrN3O2. The number of H-pyrrole nitrogens is 2. The van der Waals surface area contributed by atoms with Crippen molar-refractivity contribution in [3.63, 3.8) is 0 Å². The topological polar surface area (TPSA) is 70.7 Å². The normalized spacial score (nSPS) is 10.5. The van der Waals surface area contributed by atoms with Gasteiger partial charge in [0.1, 0.15) is 0 Å². The summed E-state index contributed by atoms with van der Waals surface area (Å²) in [5, 5.41) is 4.46. The second kappa shape index (κ2) is 3.90. The number of nitrogens with zero attached hydrogens (tertiary/aromatic N) is 1. The highest BCUT2D eigenvalue weighted by atomic mass is 79.9. The van der Waals surface area contributed by atoms with E-state index in [4.69, 9.17) is 0 Å². The van der Waals surface area contributed by atoms with Gasteiger partial charge in [0.25, 0.3) is 0 Å². The van der Waals surface area contributed by atoms with E-state index in [1.54, 1.807) is 0 Å². The van der Waals surface area contributed by atoms with Gasteiger partial charge in [0.15, 0.2) is 0 Å². The fourth-order valence-electron chi connectivity index (χ4n) is 1.27. The molecule has 2 N–H and O–H groups in total. The number of hydrogen-bond donors (Lipinski definition) is 2. The number of rotatable bonds is 2. The van der Waals surface area contributed by atoms with Gasteiger partial charge in [-0.25, -0.2) is 24.4 Å². The van der Waals surface area contributed by atoms with Crippen LogP contribution in [-0.2, 0) is 6.54 Å². The molecule has 0 fully saturated rings. The fourth-order valence-corrected chi connectivity index (χ4v) is 1.68. The van der Waals surface area contributed by atoms with E-state index in [2.05, 4.69) is 26.1 Å². The van der Waals surface area contributed by atoms with Crippen molar-refractivity contribution in [2.24, 2.45) is 0 Å². The quantitative estimate of drug-likeness (QED) is 0.842. The average Bonchev–Trinajstić information content (AvgIpc) is 2.53. The van der Waals surface area contributed by atoms with Crippen LogP contribution in [0.3, 0.4) is 0 Å². The summed E-state index contributed by atoms with van der Waals surface area (Å²) in [6, 6.07) is 7.44. The van der Waals surface area contributed by atoms with Gasteiger partial charge >= 0.3 is 11.4 Å².